The van der Waals surface area contributed by atoms with Gasteiger partial charge in [-0.15, -0.1) is 0 Å². The second kappa shape index (κ2) is 6.31. The molecule has 2 heterocycles. The molecule has 0 fully saturated rings. The topological polar surface area (TPSA) is 34.0 Å². The Morgan fingerprint density at radius 3 is 2.89 bits per heavy atom. The van der Waals surface area contributed by atoms with Crippen LogP contribution in [0.25, 0.3) is 0 Å². The second-order valence-corrected chi connectivity index (χ2v) is 4.51. The quantitative estimate of drug-likeness (QED) is 0.779. The van der Waals surface area contributed by atoms with Crippen LogP contribution in [0.4, 0.5) is 0 Å². The van der Waals surface area contributed by atoms with Crippen molar-refractivity contribution >= 4 is 0 Å². The summed E-state index contributed by atoms with van der Waals surface area (Å²) in [7, 11) is 2.13. The van der Waals surface area contributed by atoms with Gasteiger partial charge in [-0.3, -0.25) is 9.67 Å². The highest BCUT2D eigenvalue weighted by Gasteiger charge is 2.03. The van der Waals surface area contributed by atoms with Crippen LogP contribution in [0.3, 0.4) is 0 Å². The second-order valence-electron chi connectivity index (χ2n) is 4.51. The number of hydrogen-bond donors (Lipinski definition) is 0. The number of likely N-dealkylation sites (N-methyl/N-ethyl adjacent to an activating group) is 1. The fraction of sp³-hybridized carbons (Fsp3) is 0.429. The molecule has 2 aromatic rings. The van der Waals surface area contributed by atoms with Crippen LogP contribution in [-0.4, -0.2) is 33.3 Å². The third-order valence-electron chi connectivity index (χ3n) is 2.94. The third-order valence-corrected chi connectivity index (χ3v) is 2.94. The maximum atomic E-state index is 4.33. The maximum absolute atomic E-state index is 4.33. The minimum atomic E-state index is 0.928. The molecule has 0 aliphatic heterocycles. The van der Waals surface area contributed by atoms with E-state index in [4.69, 9.17) is 0 Å². The number of hydrogen-bond acceptors (Lipinski definition) is 3. The van der Waals surface area contributed by atoms with Gasteiger partial charge in [-0.05, 0) is 26.1 Å². The van der Waals surface area contributed by atoms with Gasteiger partial charge in [0.2, 0.25) is 0 Å². The summed E-state index contributed by atoms with van der Waals surface area (Å²) in [6.07, 6.45) is 6.89. The highest BCUT2D eigenvalue weighted by molar-refractivity contribution is 5.05. The first kappa shape index (κ1) is 12.8. The molecule has 0 N–H and O–H groups in total. The number of aryl methyl sites for hydroxylation is 1. The summed E-state index contributed by atoms with van der Waals surface area (Å²) < 4.78 is 1.96. The van der Waals surface area contributed by atoms with E-state index < -0.39 is 0 Å². The SMILES string of the molecule is CCn1cc(CN(C)CCc2ccccn2)cn1. The first-order chi connectivity index (χ1) is 8.78. The summed E-state index contributed by atoms with van der Waals surface area (Å²) in [6.45, 7) is 4.97. The Balaban J connectivity index is 1.80. The summed E-state index contributed by atoms with van der Waals surface area (Å²) in [6, 6.07) is 6.06. The molecule has 0 aliphatic carbocycles. The zero-order valence-corrected chi connectivity index (χ0v) is 11.1. The molecule has 0 spiro atoms. The summed E-state index contributed by atoms with van der Waals surface area (Å²) in [5.74, 6) is 0. The zero-order chi connectivity index (χ0) is 12.8. The van der Waals surface area contributed by atoms with Gasteiger partial charge in [0.15, 0.2) is 0 Å². The maximum Gasteiger partial charge on any atom is 0.0534 e. The highest BCUT2D eigenvalue weighted by Crippen LogP contribution is 2.03. The molecule has 0 aromatic carbocycles. The molecular weight excluding hydrogens is 224 g/mol. The van der Waals surface area contributed by atoms with E-state index in [1.165, 1.54) is 5.56 Å². The van der Waals surface area contributed by atoms with Crippen molar-refractivity contribution in [2.24, 2.45) is 0 Å². The van der Waals surface area contributed by atoms with E-state index in [9.17, 15) is 0 Å². The Morgan fingerprint density at radius 1 is 1.33 bits per heavy atom. The normalized spacial score (nSPS) is 11.1. The summed E-state index contributed by atoms with van der Waals surface area (Å²) in [4.78, 5) is 6.63. The van der Waals surface area contributed by atoms with Crippen LogP contribution in [0.15, 0.2) is 36.8 Å². The monoisotopic (exact) mass is 244 g/mol. The minimum Gasteiger partial charge on any atom is -0.302 e. The first-order valence-electron chi connectivity index (χ1n) is 6.37. The lowest BCUT2D eigenvalue weighted by Crippen LogP contribution is -2.20. The fourth-order valence-electron chi connectivity index (χ4n) is 1.90. The van der Waals surface area contributed by atoms with Crippen molar-refractivity contribution in [3.8, 4) is 0 Å². The average molecular weight is 244 g/mol. The molecule has 0 atom stereocenters. The molecule has 2 aromatic heterocycles. The van der Waals surface area contributed by atoms with Gasteiger partial charge in [0.1, 0.15) is 0 Å². The van der Waals surface area contributed by atoms with Gasteiger partial charge in [0.25, 0.3) is 0 Å². The lowest BCUT2D eigenvalue weighted by atomic mass is 10.2. The van der Waals surface area contributed by atoms with E-state index in [-0.39, 0.29) is 0 Å². The van der Waals surface area contributed by atoms with E-state index in [1.807, 2.05) is 29.2 Å². The molecule has 0 saturated heterocycles. The van der Waals surface area contributed by atoms with Crippen molar-refractivity contribution in [1.82, 2.24) is 19.7 Å². The van der Waals surface area contributed by atoms with Gasteiger partial charge >= 0.3 is 0 Å². The molecule has 0 unspecified atom stereocenters. The van der Waals surface area contributed by atoms with Crippen LogP contribution in [0.5, 0.6) is 0 Å². The lowest BCUT2D eigenvalue weighted by molar-refractivity contribution is 0.330. The van der Waals surface area contributed by atoms with Gasteiger partial charge < -0.3 is 4.90 Å². The number of rotatable bonds is 6. The van der Waals surface area contributed by atoms with Crippen LogP contribution < -0.4 is 0 Å². The van der Waals surface area contributed by atoms with Gasteiger partial charge in [0, 0.05) is 49.7 Å². The van der Waals surface area contributed by atoms with Gasteiger partial charge in [-0.1, -0.05) is 6.07 Å². The third kappa shape index (κ3) is 3.67. The van der Waals surface area contributed by atoms with Gasteiger partial charge in [-0.2, -0.15) is 5.10 Å². The largest absolute Gasteiger partial charge is 0.302 e. The first-order valence-corrected chi connectivity index (χ1v) is 6.37. The Bertz CT molecular complexity index is 464. The molecule has 96 valence electrons. The van der Waals surface area contributed by atoms with E-state index in [1.54, 1.807) is 0 Å². The molecule has 4 nitrogen and oxygen atoms in total. The molecular formula is C14H20N4. The van der Waals surface area contributed by atoms with Crippen molar-refractivity contribution < 1.29 is 0 Å². The van der Waals surface area contributed by atoms with Gasteiger partial charge in [0.05, 0.1) is 6.20 Å². The van der Waals surface area contributed by atoms with Crippen molar-refractivity contribution in [3.63, 3.8) is 0 Å². The summed E-state index contributed by atoms with van der Waals surface area (Å²) in [5, 5.41) is 4.28. The molecule has 0 bridgehead atoms. The van der Waals surface area contributed by atoms with Crippen LogP contribution in [-0.2, 0) is 19.5 Å². The molecule has 0 aliphatic rings. The number of aromatic nitrogens is 3. The zero-order valence-electron chi connectivity index (χ0n) is 11.1. The Hall–Kier alpha value is -1.68. The molecule has 18 heavy (non-hydrogen) atoms. The Kier molecular flexibility index (Phi) is 4.47. The number of nitrogens with zero attached hydrogens (tertiary/aromatic N) is 4. The summed E-state index contributed by atoms with van der Waals surface area (Å²) in [5.41, 5.74) is 2.41. The van der Waals surface area contributed by atoms with Crippen LogP contribution in [0, 0.1) is 0 Å². The van der Waals surface area contributed by atoms with Crippen LogP contribution in [0.2, 0.25) is 0 Å². The Morgan fingerprint density at radius 2 is 2.22 bits per heavy atom. The minimum absolute atomic E-state index is 0.928. The smallest absolute Gasteiger partial charge is 0.0534 e. The van der Waals surface area contributed by atoms with Gasteiger partial charge in [-0.25, -0.2) is 0 Å². The molecule has 4 heteroatoms. The predicted molar refractivity (Wildman–Crippen MR) is 72.2 cm³/mol. The van der Waals surface area contributed by atoms with Crippen molar-refractivity contribution in [3.05, 3.63) is 48.0 Å². The van der Waals surface area contributed by atoms with Crippen molar-refractivity contribution in [2.75, 3.05) is 13.6 Å². The standard InChI is InChI=1S/C14H20N4/c1-3-18-12-13(10-16-18)11-17(2)9-7-14-6-4-5-8-15-14/h4-6,8,10,12H,3,7,9,11H2,1-2H3. The molecule has 0 amide bonds. The molecule has 2 rings (SSSR count). The molecule has 0 radical (unpaired) electrons. The fourth-order valence-corrected chi connectivity index (χ4v) is 1.90. The van der Waals surface area contributed by atoms with E-state index in [2.05, 4.69) is 41.2 Å². The highest BCUT2D eigenvalue weighted by atomic mass is 15.3. The average Bonchev–Trinajstić information content (AvgIpc) is 2.85. The van der Waals surface area contributed by atoms with Crippen molar-refractivity contribution in [1.29, 1.82) is 0 Å². The van der Waals surface area contributed by atoms with E-state index in [0.29, 0.717) is 0 Å². The van der Waals surface area contributed by atoms with Crippen LogP contribution in [0.1, 0.15) is 18.2 Å². The number of pyridine rings is 1. The van der Waals surface area contributed by atoms with Crippen LogP contribution >= 0.6 is 0 Å². The summed E-state index contributed by atoms with van der Waals surface area (Å²) >= 11 is 0. The lowest BCUT2D eigenvalue weighted by Gasteiger charge is -2.14. The Labute approximate surface area is 108 Å². The van der Waals surface area contributed by atoms with Crippen molar-refractivity contribution in [2.45, 2.75) is 26.4 Å². The predicted octanol–water partition coefficient (Wildman–Crippen LogP) is 1.97. The van der Waals surface area contributed by atoms with E-state index in [0.717, 1.165) is 31.7 Å². The van der Waals surface area contributed by atoms with E-state index >= 15 is 0 Å². The molecule has 0 saturated carbocycles.